The lowest BCUT2D eigenvalue weighted by molar-refractivity contribution is -0.122. The fourth-order valence-electron chi connectivity index (χ4n) is 2.14. The van der Waals surface area contributed by atoms with Gasteiger partial charge in [0.1, 0.15) is 11.8 Å². The summed E-state index contributed by atoms with van der Waals surface area (Å²) < 4.78 is 5.24. The van der Waals surface area contributed by atoms with Crippen molar-refractivity contribution in [2.24, 2.45) is 0 Å². The molecule has 3 amide bonds. The van der Waals surface area contributed by atoms with Crippen LogP contribution in [0.25, 0.3) is 0 Å². The minimum absolute atomic E-state index is 0.274. The van der Waals surface area contributed by atoms with Crippen molar-refractivity contribution in [3.63, 3.8) is 0 Å². The molecule has 0 saturated heterocycles. The third kappa shape index (κ3) is 5.01. The fraction of sp³-hybridized carbons (Fsp3) is 0.222. The summed E-state index contributed by atoms with van der Waals surface area (Å²) in [4.78, 5) is 24.0. The molecule has 2 aromatic carbocycles. The van der Waals surface area contributed by atoms with Gasteiger partial charge in [-0.2, -0.15) is 0 Å². The van der Waals surface area contributed by atoms with Crippen LogP contribution in [0.15, 0.2) is 54.6 Å². The molecular weight excluding hydrogens is 306 g/mol. The lowest BCUT2D eigenvalue weighted by Crippen LogP contribution is -2.46. The van der Waals surface area contributed by atoms with Crippen LogP contribution in [-0.2, 0) is 11.3 Å². The lowest BCUT2D eigenvalue weighted by Gasteiger charge is -2.15. The van der Waals surface area contributed by atoms with Crippen LogP contribution in [-0.4, -0.2) is 25.1 Å². The molecule has 0 fully saturated rings. The predicted molar refractivity (Wildman–Crippen MR) is 92.9 cm³/mol. The Bertz CT molecular complexity index is 689. The molecule has 0 radical (unpaired) electrons. The summed E-state index contributed by atoms with van der Waals surface area (Å²) in [5, 5.41) is 8.05. The first-order chi connectivity index (χ1) is 11.6. The molecule has 24 heavy (non-hydrogen) atoms. The van der Waals surface area contributed by atoms with Gasteiger partial charge in [-0.1, -0.05) is 36.4 Å². The molecule has 2 aromatic rings. The van der Waals surface area contributed by atoms with Gasteiger partial charge in [0.2, 0.25) is 5.91 Å². The predicted octanol–water partition coefficient (Wildman–Crippen LogP) is 2.52. The van der Waals surface area contributed by atoms with Crippen molar-refractivity contribution in [2.75, 3.05) is 12.4 Å². The summed E-state index contributed by atoms with van der Waals surface area (Å²) in [5.41, 5.74) is 1.53. The van der Waals surface area contributed by atoms with E-state index < -0.39 is 12.1 Å². The number of anilines is 1. The van der Waals surface area contributed by atoms with E-state index in [0.29, 0.717) is 18.0 Å². The molecule has 2 rings (SSSR count). The zero-order chi connectivity index (χ0) is 17.4. The van der Waals surface area contributed by atoms with Gasteiger partial charge in [0.15, 0.2) is 0 Å². The van der Waals surface area contributed by atoms with Gasteiger partial charge in [0, 0.05) is 17.8 Å². The topological polar surface area (TPSA) is 79.5 Å². The maximum Gasteiger partial charge on any atom is 0.319 e. The molecule has 0 aliphatic carbocycles. The second kappa shape index (κ2) is 8.57. The quantitative estimate of drug-likeness (QED) is 0.763. The van der Waals surface area contributed by atoms with Gasteiger partial charge in [-0.3, -0.25) is 4.79 Å². The van der Waals surface area contributed by atoms with Crippen LogP contribution in [0.3, 0.4) is 0 Å². The van der Waals surface area contributed by atoms with E-state index in [1.54, 1.807) is 26.2 Å². The number of benzene rings is 2. The van der Waals surface area contributed by atoms with Crippen molar-refractivity contribution in [3.8, 4) is 5.75 Å². The standard InChI is InChI=1S/C18H21N3O3/c1-13(20-18(23)21-15-9-4-3-5-10-15)17(22)19-12-14-8-6-7-11-16(14)24-2/h3-11,13H,12H2,1-2H3,(H,19,22)(H2,20,21,23)/t13-/m0/s1. The van der Waals surface area contributed by atoms with Crippen molar-refractivity contribution in [1.29, 1.82) is 0 Å². The van der Waals surface area contributed by atoms with Crippen LogP contribution in [0.1, 0.15) is 12.5 Å². The number of carbonyl (C=O) groups is 2. The zero-order valence-electron chi connectivity index (χ0n) is 13.7. The van der Waals surface area contributed by atoms with Crippen molar-refractivity contribution in [2.45, 2.75) is 19.5 Å². The van der Waals surface area contributed by atoms with E-state index in [4.69, 9.17) is 4.74 Å². The second-order valence-electron chi connectivity index (χ2n) is 5.22. The van der Waals surface area contributed by atoms with E-state index in [0.717, 1.165) is 5.56 Å². The molecule has 0 heterocycles. The normalized spacial score (nSPS) is 11.2. The van der Waals surface area contributed by atoms with Crippen LogP contribution >= 0.6 is 0 Å². The minimum Gasteiger partial charge on any atom is -0.496 e. The summed E-state index contributed by atoms with van der Waals surface area (Å²) in [6.45, 7) is 1.96. The molecule has 0 aromatic heterocycles. The maximum atomic E-state index is 12.1. The summed E-state index contributed by atoms with van der Waals surface area (Å²) in [7, 11) is 1.58. The Morgan fingerprint density at radius 2 is 1.71 bits per heavy atom. The summed E-state index contributed by atoms with van der Waals surface area (Å²) in [6.07, 6.45) is 0. The highest BCUT2D eigenvalue weighted by molar-refractivity contribution is 5.93. The highest BCUT2D eigenvalue weighted by Crippen LogP contribution is 2.16. The molecule has 0 bridgehead atoms. The van der Waals surface area contributed by atoms with E-state index in [1.165, 1.54) is 0 Å². The molecule has 6 nitrogen and oxygen atoms in total. The van der Waals surface area contributed by atoms with Gasteiger partial charge < -0.3 is 20.7 Å². The number of hydrogen-bond donors (Lipinski definition) is 3. The Kier molecular flexibility index (Phi) is 6.19. The number of hydrogen-bond acceptors (Lipinski definition) is 3. The third-order valence-electron chi connectivity index (χ3n) is 3.42. The monoisotopic (exact) mass is 327 g/mol. The number of urea groups is 1. The Balaban J connectivity index is 1.82. The highest BCUT2D eigenvalue weighted by atomic mass is 16.5. The van der Waals surface area contributed by atoms with Crippen LogP contribution in [0, 0.1) is 0 Å². The van der Waals surface area contributed by atoms with E-state index in [1.807, 2.05) is 42.5 Å². The molecule has 6 heteroatoms. The van der Waals surface area contributed by atoms with E-state index >= 15 is 0 Å². The number of ether oxygens (including phenoxy) is 1. The molecule has 3 N–H and O–H groups in total. The molecule has 0 aliphatic heterocycles. The zero-order valence-corrected chi connectivity index (χ0v) is 13.7. The first-order valence-corrected chi connectivity index (χ1v) is 7.62. The van der Waals surface area contributed by atoms with Crippen LogP contribution in [0.2, 0.25) is 0 Å². The first-order valence-electron chi connectivity index (χ1n) is 7.62. The van der Waals surface area contributed by atoms with Gasteiger partial charge in [-0.25, -0.2) is 4.79 Å². The Hall–Kier alpha value is -3.02. The number of carbonyl (C=O) groups excluding carboxylic acids is 2. The van der Waals surface area contributed by atoms with Gasteiger partial charge >= 0.3 is 6.03 Å². The maximum absolute atomic E-state index is 12.1. The summed E-state index contributed by atoms with van der Waals surface area (Å²) in [6, 6.07) is 15.4. The Labute approximate surface area is 141 Å². The van der Waals surface area contributed by atoms with Crippen LogP contribution < -0.4 is 20.7 Å². The van der Waals surface area contributed by atoms with Crippen molar-refractivity contribution in [3.05, 3.63) is 60.2 Å². The van der Waals surface area contributed by atoms with E-state index in [-0.39, 0.29) is 5.91 Å². The molecule has 1 atom stereocenters. The first kappa shape index (κ1) is 17.3. The number of amides is 3. The van der Waals surface area contributed by atoms with Gasteiger partial charge in [0.25, 0.3) is 0 Å². The van der Waals surface area contributed by atoms with Crippen molar-refractivity contribution in [1.82, 2.24) is 10.6 Å². The average molecular weight is 327 g/mol. The lowest BCUT2D eigenvalue weighted by atomic mass is 10.2. The smallest absolute Gasteiger partial charge is 0.319 e. The number of para-hydroxylation sites is 2. The summed E-state index contributed by atoms with van der Waals surface area (Å²) >= 11 is 0. The third-order valence-corrected chi connectivity index (χ3v) is 3.42. The SMILES string of the molecule is COc1ccccc1CNC(=O)[C@H](C)NC(=O)Nc1ccccc1. The number of methoxy groups -OCH3 is 1. The van der Waals surface area contributed by atoms with E-state index in [9.17, 15) is 9.59 Å². The Morgan fingerprint density at radius 1 is 1.04 bits per heavy atom. The molecule has 0 spiro atoms. The number of rotatable bonds is 6. The highest BCUT2D eigenvalue weighted by Gasteiger charge is 2.15. The van der Waals surface area contributed by atoms with Crippen molar-refractivity contribution >= 4 is 17.6 Å². The molecular formula is C18H21N3O3. The molecule has 0 aliphatic rings. The molecule has 0 unspecified atom stereocenters. The van der Waals surface area contributed by atoms with Crippen LogP contribution in [0.5, 0.6) is 5.75 Å². The van der Waals surface area contributed by atoms with Gasteiger partial charge in [0.05, 0.1) is 7.11 Å². The van der Waals surface area contributed by atoms with Crippen LogP contribution in [0.4, 0.5) is 10.5 Å². The minimum atomic E-state index is -0.664. The molecule has 0 saturated carbocycles. The second-order valence-corrected chi connectivity index (χ2v) is 5.22. The van der Waals surface area contributed by atoms with Gasteiger partial charge in [-0.05, 0) is 25.1 Å². The molecule has 126 valence electrons. The fourth-order valence-corrected chi connectivity index (χ4v) is 2.14. The Morgan fingerprint density at radius 3 is 2.42 bits per heavy atom. The average Bonchev–Trinajstić information content (AvgIpc) is 2.60. The summed E-state index contributed by atoms with van der Waals surface area (Å²) in [5.74, 6) is 0.435. The number of nitrogens with one attached hydrogen (secondary N) is 3. The van der Waals surface area contributed by atoms with Gasteiger partial charge in [-0.15, -0.1) is 0 Å². The largest absolute Gasteiger partial charge is 0.496 e. The van der Waals surface area contributed by atoms with E-state index in [2.05, 4.69) is 16.0 Å². The van der Waals surface area contributed by atoms with Crippen molar-refractivity contribution < 1.29 is 14.3 Å².